The van der Waals surface area contributed by atoms with Crippen LogP contribution in [-0.2, 0) is 9.59 Å². The van der Waals surface area contributed by atoms with Gasteiger partial charge in [0.1, 0.15) is 0 Å². The van der Waals surface area contributed by atoms with Gasteiger partial charge >= 0.3 is 6.03 Å². The van der Waals surface area contributed by atoms with E-state index in [1.165, 1.54) is 4.90 Å². The third-order valence-electron chi connectivity index (χ3n) is 4.07. The summed E-state index contributed by atoms with van der Waals surface area (Å²) in [5.41, 5.74) is 0.508. The van der Waals surface area contributed by atoms with Crippen LogP contribution in [0.3, 0.4) is 0 Å². The van der Waals surface area contributed by atoms with Gasteiger partial charge < -0.3 is 5.32 Å². The fourth-order valence-corrected chi connectivity index (χ4v) is 2.63. The second-order valence-corrected chi connectivity index (χ2v) is 6.52. The number of hydrogen-bond donors (Lipinski definition) is 1. The number of carbonyl (C=O) groups excluding carboxylic acids is 3. The largest absolute Gasteiger partial charge is 0.356 e. The number of urea groups is 1. The van der Waals surface area contributed by atoms with Gasteiger partial charge in [0.05, 0.1) is 11.6 Å². The van der Waals surface area contributed by atoms with E-state index in [1.54, 1.807) is 24.3 Å². The fourth-order valence-electron chi connectivity index (χ4n) is 2.63. The minimum atomic E-state index is -0.507. The molecular weight excluding hydrogens is 306 g/mol. The Morgan fingerprint density at radius 3 is 2.83 bits per heavy atom. The van der Waals surface area contributed by atoms with Gasteiger partial charge in [0.2, 0.25) is 11.8 Å². The van der Waals surface area contributed by atoms with Gasteiger partial charge in [-0.3, -0.25) is 14.5 Å². The zero-order valence-corrected chi connectivity index (χ0v) is 14.3. The van der Waals surface area contributed by atoms with E-state index in [0.29, 0.717) is 44.0 Å². The Morgan fingerprint density at radius 2 is 2.08 bits per heavy atom. The summed E-state index contributed by atoms with van der Waals surface area (Å²) in [6.45, 7) is 5.23. The molecule has 0 fully saturated rings. The van der Waals surface area contributed by atoms with E-state index in [-0.39, 0.29) is 11.8 Å². The third-order valence-corrected chi connectivity index (χ3v) is 4.07. The molecule has 6 heteroatoms. The standard InChI is InChI=1S/C18H25N3O3/c1-13(2)10-11-19-16(22)9-5-6-12-21-17(23)14-7-3-4-8-15(14)20-18(21)24/h3-4,7-8,13-14H,5-6,9-12H2,1-2H3,(H,19,22). The topological polar surface area (TPSA) is 78.8 Å². The predicted molar refractivity (Wildman–Crippen MR) is 92.6 cm³/mol. The molecule has 1 N–H and O–H groups in total. The molecule has 0 radical (unpaired) electrons. The quantitative estimate of drug-likeness (QED) is 0.694. The lowest BCUT2D eigenvalue weighted by atomic mass is 9.95. The van der Waals surface area contributed by atoms with E-state index in [4.69, 9.17) is 0 Å². The lowest BCUT2D eigenvalue weighted by molar-refractivity contribution is -0.129. The molecule has 0 bridgehead atoms. The molecule has 0 saturated heterocycles. The Bertz CT molecular complexity index is 590. The van der Waals surface area contributed by atoms with Crippen molar-refractivity contribution in [2.45, 2.75) is 39.5 Å². The van der Waals surface area contributed by atoms with E-state index in [2.05, 4.69) is 24.2 Å². The highest BCUT2D eigenvalue weighted by atomic mass is 16.2. The molecule has 2 rings (SSSR count). The minimum Gasteiger partial charge on any atom is -0.356 e. The Hall–Kier alpha value is -2.24. The first-order valence-corrected chi connectivity index (χ1v) is 8.54. The normalized spacial score (nSPS) is 19.5. The van der Waals surface area contributed by atoms with Crippen molar-refractivity contribution in [3.63, 3.8) is 0 Å². The van der Waals surface area contributed by atoms with E-state index in [1.807, 2.05) is 0 Å². The molecule has 4 amide bonds. The van der Waals surface area contributed by atoms with Crippen LogP contribution in [0.4, 0.5) is 4.79 Å². The predicted octanol–water partition coefficient (Wildman–Crippen LogP) is 2.46. The van der Waals surface area contributed by atoms with Gasteiger partial charge in [0.15, 0.2) is 0 Å². The van der Waals surface area contributed by atoms with Crippen molar-refractivity contribution in [1.82, 2.24) is 10.2 Å². The minimum absolute atomic E-state index is 0.0209. The van der Waals surface area contributed by atoms with E-state index in [0.717, 1.165) is 6.42 Å². The first-order valence-electron chi connectivity index (χ1n) is 8.54. The van der Waals surface area contributed by atoms with Crippen LogP contribution in [-0.4, -0.2) is 41.5 Å². The number of allylic oxidation sites excluding steroid dienone is 3. The maximum absolute atomic E-state index is 12.4. The van der Waals surface area contributed by atoms with Crippen LogP contribution >= 0.6 is 0 Å². The fraction of sp³-hybridized carbons (Fsp3) is 0.556. The van der Waals surface area contributed by atoms with Gasteiger partial charge in [-0.2, -0.15) is 4.99 Å². The van der Waals surface area contributed by atoms with E-state index >= 15 is 0 Å². The van der Waals surface area contributed by atoms with Gasteiger partial charge in [-0.05, 0) is 31.3 Å². The molecule has 0 aromatic heterocycles. The smallest absolute Gasteiger partial charge is 0.350 e. The molecule has 0 aromatic rings. The zero-order valence-electron chi connectivity index (χ0n) is 14.3. The van der Waals surface area contributed by atoms with Crippen molar-refractivity contribution >= 4 is 23.6 Å². The number of nitrogens with one attached hydrogen (secondary N) is 1. The highest BCUT2D eigenvalue weighted by molar-refractivity contribution is 6.21. The van der Waals surface area contributed by atoms with E-state index < -0.39 is 11.9 Å². The lowest BCUT2D eigenvalue weighted by Crippen LogP contribution is -2.46. The number of fused-ring (bicyclic) bond motifs is 1. The molecule has 130 valence electrons. The SMILES string of the molecule is CC(C)CCNC(=O)CCCCN1C(=O)N=C2C=CC=CC2C1=O. The molecule has 6 nitrogen and oxygen atoms in total. The third kappa shape index (κ3) is 4.88. The maximum Gasteiger partial charge on any atom is 0.350 e. The van der Waals surface area contributed by atoms with Crippen LogP contribution in [0.2, 0.25) is 0 Å². The summed E-state index contributed by atoms with van der Waals surface area (Å²) >= 11 is 0. The molecule has 1 aliphatic carbocycles. The summed E-state index contributed by atoms with van der Waals surface area (Å²) in [5.74, 6) is -0.0952. The van der Waals surface area contributed by atoms with Crippen molar-refractivity contribution in [3.8, 4) is 0 Å². The number of imide groups is 1. The Kier molecular flexibility index (Phi) is 6.46. The molecule has 1 unspecified atom stereocenters. The average Bonchev–Trinajstić information content (AvgIpc) is 2.53. The highest BCUT2D eigenvalue weighted by Gasteiger charge is 2.35. The molecule has 0 spiro atoms. The zero-order chi connectivity index (χ0) is 17.5. The number of nitrogens with zero attached hydrogens (tertiary/aromatic N) is 2. The molecule has 0 saturated carbocycles. The molecule has 1 atom stereocenters. The molecule has 2 aliphatic rings. The second kappa shape index (κ2) is 8.57. The van der Waals surface area contributed by atoms with Crippen LogP contribution in [0, 0.1) is 11.8 Å². The van der Waals surface area contributed by atoms with Crippen LogP contribution < -0.4 is 5.32 Å². The summed E-state index contributed by atoms with van der Waals surface area (Å²) in [5, 5.41) is 2.88. The van der Waals surface area contributed by atoms with Gasteiger partial charge in [-0.15, -0.1) is 0 Å². The van der Waals surface area contributed by atoms with Crippen molar-refractivity contribution in [1.29, 1.82) is 0 Å². The first kappa shape index (κ1) is 18.1. The number of rotatable bonds is 8. The monoisotopic (exact) mass is 331 g/mol. The summed E-state index contributed by atoms with van der Waals surface area (Å²) in [4.78, 5) is 41.2. The summed E-state index contributed by atoms with van der Waals surface area (Å²) in [6.07, 6.45) is 9.62. The Labute approximate surface area is 142 Å². The summed E-state index contributed by atoms with van der Waals surface area (Å²) < 4.78 is 0. The van der Waals surface area contributed by atoms with Gasteiger partial charge in [0.25, 0.3) is 0 Å². The van der Waals surface area contributed by atoms with Crippen LogP contribution in [0.15, 0.2) is 29.3 Å². The van der Waals surface area contributed by atoms with Crippen molar-refractivity contribution < 1.29 is 14.4 Å². The number of amides is 4. The highest BCUT2D eigenvalue weighted by Crippen LogP contribution is 2.20. The number of aliphatic imine (C=N–C) groups is 1. The first-order chi connectivity index (χ1) is 11.5. The molecular formula is C18H25N3O3. The van der Waals surface area contributed by atoms with Crippen LogP contribution in [0.25, 0.3) is 0 Å². The van der Waals surface area contributed by atoms with Gasteiger partial charge in [-0.1, -0.05) is 32.1 Å². The van der Waals surface area contributed by atoms with Crippen molar-refractivity contribution in [2.75, 3.05) is 13.1 Å². The van der Waals surface area contributed by atoms with Crippen LogP contribution in [0.5, 0.6) is 0 Å². The van der Waals surface area contributed by atoms with Crippen molar-refractivity contribution in [3.05, 3.63) is 24.3 Å². The average molecular weight is 331 g/mol. The Balaban J connectivity index is 1.73. The number of unbranched alkanes of at least 4 members (excludes halogenated alkanes) is 1. The molecule has 24 heavy (non-hydrogen) atoms. The summed E-state index contributed by atoms with van der Waals surface area (Å²) in [6, 6.07) is -0.507. The second-order valence-electron chi connectivity index (χ2n) is 6.52. The molecule has 0 aromatic carbocycles. The van der Waals surface area contributed by atoms with Crippen molar-refractivity contribution in [2.24, 2.45) is 16.8 Å². The lowest BCUT2D eigenvalue weighted by Gasteiger charge is -2.28. The van der Waals surface area contributed by atoms with Gasteiger partial charge in [-0.25, -0.2) is 4.79 Å². The number of carbonyl (C=O) groups is 3. The number of hydrogen-bond acceptors (Lipinski definition) is 3. The van der Waals surface area contributed by atoms with Gasteiger partial charge in [0, 0.05) is 19.5 Å². The van der Waals surface area contributed by atoms with E-state index in [9.17, 15) is 14.4 Å². The summed E-state index contributed by atoms with van der Waals surface area (Å²) in [7, 11) is 0. The maximum atomic E-state index is 12.4. The molecule has 1 aliphatic heterocycles. The molecule has 1 heterocycles. The Morgan fingerprint density at radius 1 is 1.29 bits per heavy atom. The van der Waals surface area contributed by atoms with Crippen LogP contribution in [0.1, 0.15) is 39.5 Å².